The Balaban J connectivity index is 5.20. The van der Waals surface area contributed by atoms with E-state index in [0.29, 0.717) is 25.7 Å². The molecule has 0 aromatic heterocycles. The molecule has 0 amide bonds. The summed E-state index contributed by atoms with van der Waals surface area (Å²) in [5.74, 6) is -0.544. The van der Waals surface area contributed by atoms with E-state index in [4.69, 9.17) is 37.0 Å². The number of aliphatic hydroxyl groups is 1. The van der Waals surface area contributed by atoms with Crippen molar-refractivity contribution >= 4 is 39.5 Å². The van der Waals surface area contributed by atoms with Crippen LogP contribution >= 0.6 is 15.6 Å². The highest BCUT2D eigenvalue weighted by Gasteiger charge is 2.30. The van der Waals surface area contributed by atoms with Crippen LogP contribution in [0, 0.1) is 11.8 Å². The van der Waals surface area contributed by atoms with Gasteiger partial charge in [-0.25, -0.2) is 9.13 Å². The van der Waals surface area contributed by atoms with Gasteiger partial charge in [0.2, 0.25) is 0 Å². The van der Waals surface area contributed by atoms with Crippen LogP contribution in [0.1, 0.15) is 420 Å². The van der Waals surface area contributed by atoms with Crippen molar-refractivity contribution in [1.29, 1.82) is 0 Å². The Morgan fingerprint density at radius 2 is 0.485 bits per heavy atom. The molecule has 0 rings (SSSR count). The maximum atomic E-state index is 13.1. The van der Waals surface area contributed by atoms with Crippen molar-refractivity contribution in [2.45, 2.75) is 439 Å². The predicted octanol–water partition coefficient (Wildman–Crippen LogP) is 23.9. The molecule has 19 heteroatoms. The van der Waals surface area contributed by atoms with E-state index in [2.05, 4.69) is 41.5 Å². The monoisotopic (exact) mass is 1450 g/mol. The molecule has 0 bridgehead atoms. The lowest BCUT2D eigenvalue weighted by Gasteiger charge is -2.21. The van der Waals surface area contributed by atoms with Gasteiger partial charge >= 0.3 is 39.5 Å². The standard InChI is InChI=1S/C80H156O17P2/c1-7-11-13-15-17-19-21-22-23-24-25-26-27-28-29-34-37-41-45-52-58-64-79(84)96-75(68-90-78(83)63-57-51-44-40-36-33-31-30-32-35-38-42-48-54-60-72(5)9-3)70-94-98(86,87)92-66-74(81)67-93-99(88,89)95-71-76(97-80(85)65-59-53-47-46-49-55-61-73(6)10-4)69-91-77(82)62-56-50-43-39-20-18-16-14-12-8-2/h72-76,81H,7-71H2,1-6H3,(H,86,87)(H,88,89)/t72?,73?,74-,75-,76-/m1/s1. The molecule has 0 heterocycles. The first-order valence-electron chi connectivity index (χ1n) is 41.6. The second kappa shape index (κ2) is 71.7. The van der Waals surface area contributed by atoms with Gasteiger partial charge in [0.1, 0.15) is 19.3 Å². The van der Waals surface area contributed by atoms with E-state index in [1.165, 1.54) is 238 Å². The largest absolute Gasteiger partial charge is 0.472 e. The number of ether oxygens (including phenoxy) is 4. The van der Waals surface area contributed by atoms with E-state index >= 15 is 0 Å². The normalized spacial score (nSPS) is 14.5. The van der Waals surface area contributed by atoms with Crippen LogP contribution in [-0.2, 0) is 65.4 Å². The zero-order valence-corrected chi connectivity index (χ0v) is 66.6. The Bertz CT molecular complexity index is 1910. The molecular formula is C80H156O17P2. The molecule has 7 atom stereocenters. The van der Waals surface area contributed by atoms with Gasteiger partial charge in [0.25, 0.3) is 0 Å². The lowest BCUT2D eigenvalue weighted by Crippen LogP contribution is -2.30. The molecule has 0 aliphatic heterocycles. The lowest BCUT2D eigenvalue weighted by atomic mass is 9.99. The van der Waals surface area contributed by atoms with Crippen molar-refractivity contribution in [3.63, 3.8) is 0 Å². The summed E-state index contributed by atoms with van der Waals surface area (Å²) in [4.78, 5) is 72.9. The molecule has 588 valence electrons. The molecule has 99 heavy (non-hydrogen) atoms. The number of aliphatic hydroxyl groups excluding tert-OH is 1. The number of phosphoric acid groups is 2. The summed E-state index contributed by atoms with van der Waals surface area (Å²) in [6, 6.07) is 0. The van der Waals surface area contributed by atoms with Gasteiger partial charge < -0.3 is 33.8 Å². The minimum atomic E-state index is -4.96. The number of hydrogen-bond donors (Lipinski definition) is 3. The molecule has 0 saturated heterocycles. The van der Waals surface area contributed by atoms with Crippen LogP contribution in [0.4, 0.5) is 0 Å². The first kappa shape index (κ1) is 97.1. The molecule has 0 radical (unpaired) electrons. The fourth-order valence-corrected chi connectivity index (χ4v) is 13.9. The van der Waals surface area contributed by atoms with Crippen molar-refractivity contribution in [3.05, 3.63) is 0 Å². The molecule has 3 N–H and O–H groups in total. The van der Waals surface area contributed by atoms with Crippen molar-refractivity contribution in [3.8, 4) is 0 Å². The third-order valence-corrected chi connectivity index (χ3v) is 21.3. The van der Waals surface area contributed by atoms with Crippen LogP contribution in [0.15, 0.2) is 0 Å². The first-order valence-corrected chi connectivity index (χ1v) is 44.6. The third kappa shape index (κ3) is 71.5. The number of unbranched alkanes of at least 4 members (excludes halogenated alkanes) is 47. The molecule has 0 aromatic rings. The van der Waals surface area contributed by atoms with Gasteiger partial charge in [-0.2, -0.15) is 0 Å². The SMILES string of the molecule is CCCCCCCCCCCCCCCCCCCCCCCC(=O)O[C@H](COC(=O)CCCCCCCCCCCCCCCCC(C)CC)COP(=O)(O)OC[C@@H](O)COP(=O)(O)OC[C@@H](COC(=O)CCCCCCCCCCCC)OC(=O)CCCCCCCCC(C)CC. The second-order valence-electron chi connectivity index (χ2n) is 29.3. The molecule has 17 nitrogen and oxygen atoms in total. The van der Waals surface area contributed by atoms with E-state index < -0.39 is 97.5 Å². The maximum Gasteiger partial charge on any atom is 0.472 e. The van der Waals surface area contributed by atoms with Crippen molar-refractivity contribution in [1.82, 2.24) is 0 Å². The zero-order valence-electron chi connectivity index (χ0n) is 64.8. The summed E-state index contributed by atoms with van der Waals surface area (Å²) in [7, 11) is -9.91. The Kier molecular flexibility index (Phi) is 70.3. The van der Waals surface area contributed by atoms with Crippen LogP contribution in [-0.4, -0.2) is 96.7 Å². The number of rotatable bonds is 79. The van der Waals surface area contributed by atoms with E-state index in [-0.39, 0.29) is 25.7 Å². The van der Waals surface area contributed by atoms with E-state index in [9.17, 15) is 43.2 Å². The highest BCUT2D eigenvalue weighted by atomic mass is 31.2. The number of phosphoric ester groups is 2. The highest BCUT2D eigenvalue weighted by molar-refractivity contribution is 7.47. The van der Waals surface area contributed by atoms with Gasteiger partial charge in [0.15, 0.2) is 12.2 Å². The fourth-order valence-electron chi connectivity index (χ4n) is 12.3. The molecule has 0 aliphatic rings. The topological polar surface area (TPSA) is 237 Å². The Hall–Kier alpha value is -1.94. The predicted molar refractivity (Wildman–Crippen MR) is 405 cm³/mol. The summed E-state index contributed by atoms with van der Waals surface area (Å²) < 4.78 is 68.6. The van der Waals surface area contributed by atoms with E-state index in [1.54, 1.807) is 0 Å². The van der Waals surface area contributed by atoms with Crippen LogP contribution in [0.3, 0.4) is 0 Å². The quantitative estimate of drug-likeness (QED) is 0.0222. The van der Waals surface area contributed by atoms with Crippen LogP contribution in [0.2, 0.25) is 0 Å². The molecule has 0 aromatic carbocycles. The number of hydrogen-bond acceptors (Lipinski definition) is 15. The number of carbonyl (C=O) groups is 4. The summed E-state index contributed by atoms with van der Waals surface area (Å²) in [5, 5.41) is 10.6. The fraction of sp³-hybridized carbons (Fsp3) is 0.950. The van der Waals surface area contributed by atoms with Crippen molar-refractivity contribution < 1.29 is 80.2 Å². The summed E-state index contributed by atoms with van der Waals surface area (Å²) in [5.41, 5.74) is 0. The molecule has 0 saturated carbocycles. The van der Waals surface area contributed by atoms with E-state index in [1.807, 2.05) is 0 Å². The third-order valence-electron chi connectivity index (χ3n) is 19.4. The molecular weight excluding hydrogens is 1290 g/mol. The van der Waals surface area contributed by atoms with E-state index in [0.717, 1.165) is 102 Å². The molecule has 4 unspecified atom stereocenters. The Morgan fingerprint density at radius 1 is 0.283 bits per heavy atom. The first-order chi connectivity index (χ1) is 47.9. The summed E-state index contributed by atoms with van der Waals surface area (Å²) in [6.07, 6.45) is 61.2. The van der Waals surface area contributed by atoms with Gasteiger partial charge in [-0.1, -0.05) is 369 Å². The molecule has 0 aliphatic carbocycles. The van der Waals surface area contributed by atoms with Gasteiger partial charge in [-0.15, -0.1) is 0 Å². The Labute approximate surface area is 607 Å². The minimum Gasteiger partial charge on any atom is -0.462 e. The van der Waals surface area contributed by atoms with Gasteiger partial charge in [-0.3, -0.25) is 37.3 Å². The van der Waals surface area contributed by atoms with Crippen LogP contribution in [0.5, 0.6) is 0 Å². The minimum absolute atomic E-state index is 0.103. The van der Waals surface area contributed by atoms with Crippen molar-refractivity contribution in [2.75, 3.05) is 39.6 Å². The van der Waals surface area contributed by atoms with Crippen molar-refractivity contribution in [2.24, 2.45) is 11.8 Å². The molecule has 0 fully saturated rings. The number of carbonyl (C=O) groups excluding carboxylic acids is 4. The average Bonchev–Trinajstić information content (AvgIpc) is 1.04. The smallest absolute Gasteiger partial charge is 0.462 e. The van der Waals surface area contributed by atoms with Gasteiger partial charge in [0, 0.05) is 25.7 Å². The highest BCUT2D eigenvalue weighted by Crippen LogP contribution is 2.45. The lowest BCUT2D eigenvalue weighted by molar-refractivity contribution is -0.161. The summed E-state index contributed by atoms with van der Waals surface area (Å²) in [6.45, 7) is 9.62. The van der Waals surface area contributed by atoms with Crippen LogP contribution < -0.4 is 0 Å². The maximum absolute atomic E-state index is 13.1. The van der Waals surface area contributed by atoms with Gasteiger partial charge in [0.05, 0.1) is 26.4 Å². The number of esters is 4. The zero-order chi connectivity index (χ0) is 72.8. The average molecular weight is 1450 g/mol. The second-order valence-corrected chi connectivity index (χ2v) is 32.2. The molecule has 0 spiro atoms. The Morgan fingerprint density at radius 3 is 0.717 bits per heavy atom. The summed E-state index contributed by atoms with van der Waals surface area (Å²) >= 11 is 0. The van der Waals surface area contributed by atoms with Gasteiger partial charge in [-0.05, 0) is 37.5 Å². The van der Waals surface area contributed by atoms with Crippen LogP contribution in [0.25, 0.3) is 0 Å².